The summed E-state index contributed by atoms with van der Waals surface area (Å²) in [4.78, 5) is 34.3. The first-order chi connectivity index (χ1) is 17.7. The van der Waals surface area contributed by atoms with Crippen LogP contribution in [0.5, 0.6) is 0 Å². The van der Waals surface area contributed by atoms with E-state index in [-0.39, 0.29) is 0 Å². The minimum Gasteiger partial charge on any atom is -0.475 e. The number of halogens is 6. The van der Waals surface area contributed by atoms with E-state index in [0.29, 0.717) is 0 Å². The number of nitrogens with zero attached hydrogens (tertiary/aromatic N) is 5. The molecule has 16 heteroatoms. The maximum absolute atomic E-state index is 10.6. The van der Waals surface area contributed by atoms with E-state index in [1.54, 1.807) is 12.6 Å². The molecule has 4 heterocycles. The van der Waals surface area contributed by atoms with Gasteiger partial charge in [0.05, 0.1) is 18.2 Å². The first-order valence-corrected chi connectivity index (χ1v) is 11.3. The molecule has 0 amide bonds. The number of alkyl halides is 6. The van der Waals surface area contributed by atoms with E-state index in [0.717, 1.165) is 58.7 Å². The number of carboxylic acids is 2. The van der Waals surface area contributed by atoms with Gasteiger partial charge in [-0.15, -0.1) is 0 Å². The van der Waals surface area contributed by atoms with E-state index in [4.69, 9.17) is 24.2 Å². The molecule has 0 aliphatic carbocycles. The predicted octanol–water partition coefficient (Wildman–Crippen LogP) is 2.69. The van der Waals surface area contributed by atoms with Crippen molar-refractivity contribution in [2.45, 2.75) is 31.7 Å². The standard InChI is InChI=1S/C18H25N5O.2C2HF3O2/c1-21-7-9-23(10-8-21)18-16-2-5-22(12-15-4-11-24-13-15)6-3-17(16)19-14-20-18;2*3-2(4,5)1(6)7/h4,11,13-14H,2-3,5-10,12H2,1H3;2*(H,6,7). The first kappa shape index (κ1) is 30.8. The molecule has 0 saturated carbocycles. The van der Waals surface area contributed by atoms with E-state index >= 15 is 0 Å². The Morgan fingerprint density at radius 1 is 0.921 bits per heavy atom. The number of rotatable bonds is 3. The zero-order valence-corrected chi connectivity index (χ0v) is 20.3. The van der Waals surface area contributed by atoms with E-state index in [2.05, 4.69) is 31.7 Å². The van der Waals surface area contributed by atoms with Crippen molar-refractivity contribution < 1.29 is 50.6 Å². The van der Waals surface area contributed by atoms with Crippen LogP contribution in [0.1, 0.15) is 16.8 Å². The molecule has 2 N–H and O–H groups in total. The predicted molar refractivity (Wildman–Crippen MR) is 121 cm³/mol. The molecule has 212 valence electrons. The van der Waals surface area contributed by atoms with Crippen LogP contribution in [0.3, 0.4) is 0 Å². The molecule has 2 aliphatic rings. The lowest BCUT2D eigenvalue weighted by Gasteiger charge is -2.34. The lowest BCUT2D eigenvalue weighted by molar-refractivity contribution is -0.193. The van der Waals surface area contributed by atoms with Crippen molar-refractivity contribution in [2.24, 2.45) is 0 Å². The monoisotopic (exact) mass is 555 g/mol. The quantitative estimate of drug-likeness (QED) is 0.547. The van der Waals surface area contributed by atoms with Gasteiger partial charge in [0.2, 0.25) is 0 Å². The number of furan rings is 1. The fourth-order valence-electron chi connectivity index (χ4n) is 3.65. The highest BCUT2D eigenvalue weighted by atomic mass is 19.4. The summed E-state index contributed by atoms with van der Waals surface area (Å²) in [6.45, 7) is 7.35. The van der Waals surface area contributed by atoms with Crippen LogP contribution in [0, 0.1) is 0 Å². The molecule has 0 aromatic carbocycles. The molecule has 0 spiro atoms. The van der Waals surface area contributed by atoms with Gasteiger partial charge in [0.1, 0.15) is 12.1 Å². The van der Waals surface area contributed by atoms with Crippen LogP contribution in [0.2, 0.25) is 0 Å². The number of carboxylic acid groups (broad SMARTS) is 2. The molecule has 0 atom stereocenters. The number of fused-ring (bicyclic) bond motifs is 1. The maximum atomic E-state index is 10.6. The Hall–Kier alpha value is -3.40. The SMILES string of the molecule is CN1CCN(c2ncnc3c2CCN(Cc2ccoc2)CC3)CC1.O=C(O)C(F)(F)F.O=C(O)C(F)(F)F. The molecule has 2 aromatic rings. The van der Waals surface area contributed by atoms with Gasteiger partial charge in [-0.1, -0.05) is 0 Å². The van der Waals surface area contributed by atoms with Crippen molar-refractivity contribution in [3.63, 3.8) is 0 Å². The first-order valence-electron chi connectivity index (χ1n) is 11.3. The topological polar surface area (TPSA) is 123 Å². The van der Waals surface area contributed by atoms with Crippen LogP contribution in [0.25, 0.3) is 0 Å². The van der Waals surface area contributed by atoms with E-state index in [1.807, 2.05) is 12.3 Å². The molecular formula is C22H27F6N5O5. The Kier molecular flexibility index (Phi) is 10.9. The molecule has 0 radical (unpaired) electrons. The van der Waals surface area contributed by atoms with Crippen LogP contribution in [0.4, 0.5) is 32.2 Å². The molecular weight excluding hydrogens is 528 g/mol. The van der Waals surface area contributed by atoms with E-state index in [1.165, 1.54) is 22.6 Å². The number of piperazine rings is 1. The summed E-state index contributed by atoms with van der Waals surface area (Å²) >= 11 is 0. The van der Waals surface area contributed by atoms with Gasteiger partial charge in [-0.05, 0) is 19.5 Å². The van der Waals surface area contributed by atoms with Crippen molar-refractivity contribution in [1.82, 2.24) is 19.8 Å². The van der Waals surface area contributed by atoms with Gasteiger partial charge in [-0.25, -0.2) is 19.6 Å². The summed E-state index contributed by atoms with van der Waals surface area (Å²) in [5.41, 5.74) is 3.83. The Balaban J connectivity index is 0.000000301. The van der Waals surface area contributed by atoms with Crippen molar-refractivity contribution in [1.29, 1.82) is 0 Å². The Morgan fingerprint density at radius 2 is 1.47 bits per heavy atom. The van der Waals surface area contributed by atoms with E-state index < -0.39 is 24.3 Å². The highest BCUT2D eigenvalue weighted by molar-refractivity contribution is 5.73. The molecule has 1 fully saturated rings. The van der Waals surface area contributed by atoms with Gasteiger partial charge in [-0.2, -0.15) is 26.3 Å². The van der Waals surface area contributed by atoms with Gasteiger partial charge in [-0.3, -0.25) is 4.90 Å². The largest absolute Gasteiger partial charge is 0.490 e. The van der Waals surface area contributed by atoms with Gasteiger partial charge in [0.25, 0.3) is 0 Å². The summed E-state index contributed by atoms with van der Waals surface area (Å²) in [6.07, 6.45) is -2.81. The number of likely N-dealkylation sites (N-methyl/N-ethyl adjacent to an activating group) is 1. The number of carbonyl (C=O) groups is 2. The fourth-order valence-corrected chi connectivity index (χ4v) is 3.65. The van der Waals surface area contributed by atoms with Crippen LogP contribution in [-0.2, 0) is 29.0 Å². The molecule has 2 aromatic heterocycles. The van der Waals surface area contributed by atoms with Crippen LogP contribution in [0.15, 0.2) is 29.3 Å². The number of aromatic nitrogens is 2. The maximum Gasteiger partial charge on any atom is 0.490 e. The number of hydrogen-bond acceptors (Lipinski definition) is 8. The Bertz CT molecular complexity index is 1020. The molecule has 10 nitrogen and oxygen atoms in total. The molecule has 2 aliphatic heterocycles. The summed E-state index contributed by atoms with van der Waals surface area (Å²) in [7, 11) is 2.19. The zero-order valence-electron chi connectivity index (χ0n) is 20.3. The van der Waals surface area contributed by atoms with Crippen molar-refractivity contribution in [2.75, 3.05) is 51.2 Å². The van der Waals surface area contributed by atoms with Crippen molar-refractivity contribution in [3.8, 4) is 0 Å². The lowest BCUT2D eigenvalue weighted by Crippen LogP contribution is -2.45. The Labute approximate surface area is 213 Å². The highest BCUT2D eigenvalue weighted by Gasteiger charge is 2.38. The smallest absolute Gasteiger partial charge is 0.475 e. The third-order valence-corrected chi connectivity index (χ3v) is 5.63. The average Bonchev–Trinajstić information content (AvgIpc) is 3.25. The van der Waals surface area contributed by atoms with Crippen molar-refractivity contribution >= 4 is 17.8 Å². The minimum atomic E-state index is -5.08. The Morgan fingerprint density at radius 3 is 1.97 bits per heavy atom. The molecule has 0 unspecified atom stereocenters. The summed E-state index contributed by atoms with van der Waals surface area (Å²) in [5, 5.41) is 14.2. The van der Waals surface area contributed by atoms with Gasteiger partial charge >= 0.3 is 24.3 Å². The second-order valence-electron chi connectivity index (χ2n) is 8.43. The van der Waals surface area contributed by atoms with Gasteiger partial charge in [0.15, 0.2) is 0 Å². The van der Waals surface area contributed by atoms with Crippen molar-refractivity contribution in [3.05, 3.63) is 41.7 Å². The lowest BCUT2D eigenvalue weighted by atomic mass is 10.1. The minimum absolute atomic E-state index is 0.946. The highest BCUT2D eigenvalue weighted by Crippen LogP contribution is 2.25. The van der Waals surface area contributed by atoms with Gasteiger partial charge in [0, 0.05) is 63.4 Å². The molecule has 1 saturated heterocycles. The number of anilines is 1. The number of hydrogen-bond donors (Lipinski definition) is 2. The summed E-state index contributed by atoms with van der Waals surface area (Å²) in [6, 6.07) is 2.05. The third-order valence-electron chi connectivity index (χ3n) is 5.63. The van der Waals surface area contributed by atoms with E-state index in [9.17, 15) is 26.3 Å². The van der Waals surface area contributed by atoms with Crippen LogP contribution in [-0.4, -0.2) is 101 Å². The molecule has 4 rings (SSSR count). The number of aliphatic carboxylic acids is 2. The summed E-state index contributed by atoms with van der Waals surface area (Å²) in [5.74, 6) is -4.35. The average molecular weight is 555 g/mol. The third kappa shape index (κ3) is 9.81. The van der Waals surface area contributed by atoms with Crippen LogP contribution >= 0.6 is 0 Å². The second-order valence-corrected chi connectivity index (χ2v) is 8.43. The summed E-state index contributed by atoms with van der Waals surface area (Å²) < 4.78 is 68.7. The van der Waals surface area contributed by atoms with Gasteiger partial charge < -0.3 is 24.4 Å². The molecule has 0 bridgehead atoms. The normalized spacial score (nSPS) is 16.8. The second kappa shape index (κ2) is 13.4. The fraction of sp³-hybridized carbons (Fsp3) is 0.545. The zero-order chi connectivity index (χ0) is 28.5. The van der Waals surface area contributed by atoms with Crippen LogP contribution < -0.4 is 4.90 Å². The molecule has 38 heavy (non-hydrogen) atoms.